The van der Waals surface area contributed by atoms with Gasteiger partial charge in [-0.05, 0) is 56.5 Å². The van der Waals surface area contributed by atoms with Gasteiger partial charge >= 0.3 is 0 Å². The van der Waals surface area contributed by atoms with E-state index in [-0.39, 0.29) is 23.8 Å². The third-order valence-corrected chi connectivity index (χ3v) is 7.50. The Morgan fingerprint density at radius 2 is 1.70 bits per heavy atom. The number of rotatable bonds is 4. The van der Waals surface area contributed by atoms with Crippen LogP contribution in [-0.4, -0.2) is 34.5 Å². The molecule has 3 aromatic rings. The number of carbonyl (C=O) groups is 1. The summed E-state index contributed by atoms with van der Waals surface area (Å²) >= 11 is 0. The molecule has 0 unspecified atom stereocenters. The Hall–Kier alpha value is -2.77. The quantitative estimate of drug-likeness (QED) is 0.642. The fourth-order valence-electron chi connectivity index (χ4n) is 4.03. The molecular weight excluding hydrogens is 398 g/mol. The van der Waals surface area contributed by atoms with Crippen LogP contribution in [0.5, 0.6) is 0 Å². The van der Waals surface area contributed by atoms with Crippen molar-refractivity contribution in [3.05, 3.63) is 82.7 Å². The summed E-state index contributed by atoms with van der Waals surface area (Å²) in [5.74, 6) is -0.200. The maximum Gasteiger partial charge on any atom is 0.248 e. The van der Waals surface area contributed by atoms with Gasteiger partial charge in [-0.1, -0.05) is 42.0 Å². The molecule has 0 fully saturated rings. The molecule has 30 heavy (non-hydrogen) atoms. The summed E-state index contributed by atoms with van der Waals surface area (Å²) in [7, 11) is -3.75. The van der Waals surface area contributed by atoms with Crippen LogP contribution in [0.2, 0.25) is 0 Å². The Kier molecular flexibility index (Phi) is 5.34. The minimum atomic E-state index is -3.75. The van der Waals surface area contributed by atoms with Crippen molar-refractivity contribution in [2.45, 2.75) is 51.1 Å². The van der Waals surface area contributed by atoms with E-state index in [2.05, 4.69) is 5.10 Å². The highest BCUT2D eigenvalue weighted by molar-refractivity contribution is 7.89. The zero-order valence-corrected chi connectivity index (χ0v) is 18.2. The Morgan fingerprint density at radius 3 is 2.33 bits per heavy atom. The third-order valence-electron chi connectivity index (χ3n) is 5.59. The molecule has 7 heteroatoms. The minimum Gasteiger partial charge on any atom is -0.273 e. The Morgan fingerprint density at radius 1 is 1.03 bits per heavy atom. The second-order valence-corrected chi connectivity index (χ2v) is 9.82. The van der Waals surface area contributed by atoms with Crippen molar-refractivity contribution in [3.8, 4) is 0 Å². The monoisotopic (exact) mass is 423 g/mol. The van der Waals surface area contributed by atoms with E-state index in [0.29, 0.717) is 6.42 Å². The number of benzene rings is 2. The lowest BCUT2D eigenvalue weighted by Crippen LogP contribution is -2.45. The van der Waals surface area contributed by atoms with E-state index in [1.165, 1.54) is 8.99 Å². The fraction of sp³-hybridized carbons (Fsp3) is 0.304. The molecule has 0 amide bonds. The summed E-state index contributed by atoms with van der Waals surface area (Å²) in [4.78, 5) is 13.2. The fourth-order valence-corrected chi connectivity index (χ4v) is 5.64. The molecule has 0 spiro atoms. The van der Waals surface area contributed by atoms with Gasteiger partial charge in [-0.2, -0.15) is 9.40 Å². The molecule has 0 bridgehead atoms. The molecule has 156 valence electrons. The molecule has 6 nitrogen and oxygen atoms in total. The van der Waals surface area contributed by atoms with Crippen LogP contribution in [0.3, 0.4) is 0 Å². The zero-order valence-electron chi connectivity index (χ0n) is 17.4. The summed E-state index contributed by atoms with van der Waals surface area (Å²) < 4.78 is 29.9. The first-order valence-corrected chi connectivity index (χ1v) is 11.4. The Balaban J connectivity index is 1.71. The number of fused-ring (bicyclic) bond motifs is 1. The first-order valence-electron chi connectivity index (χ1n) is 9.97. The molecular formula is C23H25N3O3S. The Labute approximate surface area is 177 Å². The van der Waals surface area contributed by atoms with E-state index in [4.69, 9.17) is 0 Å². The van der Waals surface area contributed by atoms with Gasteiger partial charge in [0.25, 0.3) is 0 Å². The summed E-state index contributed by atoms with van der Waals surface area (Å²) in [6.07, 6.45) is 0.563. The summed E-state index contributed by atoms with van der Waals surface area (Å²) in [5.41, 5.74) is 4.57. The van der Waals surface area contributed by atoms with Gasteiger partial charge in [0.2, 0.25) is 15.9 Å². The van der Waals surface area contributed by atoms with E-state index in [1.807, 2.05) is 51.1 Å². The first kappa shape index (κ1) is 20.5. The smallest absolute Gasteiger partial charge is 0.248 e. The lowest BCUT2D eigenvalue weighted by Gasteiger charge is -2.35. The summed E-state index contributed by atoms with van der Waals surface area (Å²) in [6, 6.07) is 16.0. The van der Waals surface area contributed by atoms with E-state index in [1.54, 1.807) is 24.3 Å². The van der Waals surface area contributed by atoms with Crippen molar-refractivity contribution in [2.75, 3.05) is 0 Å². The maximum atomic E-state index is 13.5. The molecule has 1 aromatic heterocycles. The third kappa shape index (κ3) is 3.82. The summed E-state index contributed by atoms with van der Waals surface area (Å²) in [6.45, 7) is 5.83. The van der Waals surface area contributed by atoms with Crippen LogP contribution in [0.25, 0.3) is 0 Å². The molecule has 0 saturated carbocycles. The number of aryl methyl sites for hydroxylation is 3. The van der Waals surface area contributed by atoms with Crippen LogP contribution in [0.1, 0.15) is 39.3 Å². The van der Waals surface area contributed by atoms with Crippen molar-refractivity contribution in [3.63, 3.8) is 0 Å². The average molecular weight is 424 g/mol. The van der Waals surface area contributed by atoms with Crippen molar-refractivity contribution < 1.29 is 13.2 Å². The largest absolute Gasteiger partial charge is 0.273 e. The maximum absolute atomic E-state index is 13.5. The molecule has 0 radical (unpaired) electrons. The van der Waals surface area contributed by atoms with Gasteiger partial charge in [-0.15, -0.1) is 0 Å². The number of carbonyl (C=O) groups excluding carboxylic acids is 1. The lowest BCUT2D eigenvalue weighted by atomic mass is 9.94. The van der Waals surface area contributed by atoms with Crippen LogP contribution < -0.4 is 0 Å². The second kappa shape index (κ2) is 7.81. The minimum absolute atomic E-state index is 0.0708. The highest BCUT2D eigenvalue weighted by Gasteiger charge is 2.37. The van der Waals surface area contributed by atoms with Gasteiger partial charge in [-0.3, -0.25) is 4.79 Å². The van der Waals surface area contributed by atoms with Crippen LogP contribution >= 0.6 is 0 Å². The summed E-state index contributed by atoms with van der Waals surface area (Å²) in [5, 5.41) is 4.27. The molecule has 0 saturated heterocycles. The van der Waals surface area contributed by atoms with Gasteiger partial charge in [0.1, 0.15) is 0 Å². The molecule has 1 aliphatic rings. The molecule has 4 rings (SSSR count). The average Bonchev–Trinajstić information content (AvgIpc) is 3.06. The van der Waals surface area contributed by atoms with Gasteiger partial charge in [0.15, 0.2) is 0 Å². The van der Waals surface area contributed by atoms with Crippen molar-refractivity contribution >= 4 is 15.9 Å². The molecule has 2 heterocycles. The van der Waals surface area contributed by atoms with Gasteiger partial charge in [0.05, 0.1) is 10.6 Å². The highest BCUT2D eigenvalue weighted by atomic mass is 32.2. The molecule has 0 aliphatic carbocycles. The van der Waals surface area contributed by atoms with Crippen LogP contribution in [-0.2, 0) is 23.0 Å². The lowest BCUT2D eigenvalue weighted by molar-refractivity contribution is 0.0847. The topological polar surface area (TPSA) is 72.3 Å². The van der Waals surface area contributed by atoms with Crippen molar-refractivity contribution in [2.24, 2.45) is 0 Å². The SMILES string of the molecule is Cc1ccc(S(=O)(=O)N2Cc3ccccc3C[C@H]2CC(=O)n2nc(C)cc2C)cc1. The molecule has 0 N–H and O–H groups in total. The van der Waals surface area contributed by atoms with E-state index in [9.17, 15) is 13.2 Å². The number of hydrogen-bond donors (Lipinski definition) is 0. The van der Waals surface area contributed by atoms with Crippen molar-refractivity contribution in [1.82, 2.24) is 14.1 Å². The van der Waals surface area contributed by atoms with Gasteiger partial charge in [0, 0.05) is 24.7 Å². The number of nitrogens with zero attached hydrogens (tertiary/aromatic N) is 3. The van der Waals surface area contributed by atoms with Gasteiger partial charge in [-0.25, -0.2) is 13.1 Å². The normalized spacial score (nSPS) is 17.0. The first-order chi connectivity index (χ1) is 14.3. The van der Waals surface area contributed by atoms with Crippen LogP contribution in [0.15, 0.2) is 59.5 Å². The number of aromatic nitrogens is 2. The predicted molar refractivity (Wildman–Crippen MR) is 115 cm³/mol. The number of hydrogen-bond acceptors (Lipinski definition) is 4. The molecule has 1 aliphatic heterocycles. The predicted octanol–water partition coefficient (Wildman–Crippen LogP) is 3.65. The van der Waals surface area contributed by atoms with E-state index < -0.39 is 16.1 Å². The molecule has 2 aromatic carbocycles. The van der Waals surface area contributed by atoms with E-state index in [0.717, 1.165) is 28.1 Å². The second-order valence-electron chi connectivity index (χ2n) is 7.93. The van der Waals surface area contributed by atoms with Crippen molar-refractivity contribution in [1.29, 1.82) is 0 Å². The van der Waals surface area contributed by atoms with Crippen LogP contribution in [0.4, 0.5) is 0 Å². The van der Waals surface area contributed by atoms with Gasteiger partial charge < -0.3 is 0 Å². The van der Waals surface area contributed by atoms with E-state index >= 15 is 0 Å². The number of sulfonamides is 1. The molecule has 1 atom stereocenters. The zero-order chi connectivity index (χ0) is 21.5. The standard InChI is InChI=1S/C23H25N3O3S/c1-16-8-10-22(11-9-16)30(28,29)25-15-20-7-5-4-6-19(20)13-21(25)14-23(27)26-18(3)12-17(2)24-26/h4-12,21H,13-15H2,1-3H3/t21-/m0/s1. The highest BCUT2D eigenvalue weighted by Crippen LogP contribution is 2.31. The Bertz CT molecular complexity index is 1200. The van der Waals surface area contributed by atoms with Crippen LogP contribution in [0, 0.1) is 20.8 Å².